The average Bonchev–Trinajstić information content (AvgIpc) is 2.30. The molecule has 0 amide bonds. The molecule has 1 atom stereocenters. The minimum atomic E-state index is -0.0806. The van der Waals surface area contributed by atoms with Crippen molar-refractivity contribution < 1.29 is 4.74 Å². The Morgan fingerprint density at radius 2 is 2.06 bits per heavy atom. The van der Waals surface area contributed by atoms with Gasteiger partial charge in [-0.25, -0.2) is 0 Å². The van der Waals surface area contributed by atoms with Gasteiger partial charge in [0.05, 0.1) is 5.69 Å². The number of pyridine rings is 1. The highest BCUT2D eigenvalue weighted by molar-refractivity contribution is 5.43. The first-order valence-corrected chi connectivity index (χ1v) is 5.19. The van der Waals surface area contributed by atoms with E-state index in [0.717, 1.165) is 11.4 Å². The van der Waals surface area contributed by atoms with Crippen molar-refractivity contribution in [1.29, 1.82) is 0 Å². The van der Waals surface area contributed by atoms with Crippen molar-refractivity contribution >= 4 is 5.69 Å². The molecule has 1 unspecified atom stereocenters. The van der Waals surface area contributed by atoms with Crippen LogP contribution >= 0.6 is 0 Å². The molecule has 0 radical (unpaired) electrons. The van der Waals surface area contributed by atoms with E-state index in [0.29, 0.717) is 5.69 Å². The Labute approximate surface area is 94.9 Å². The quantitative estimate of drug-likeness (QED) is 0.799. The normalized spacial score (nSPS) is 12.1. The van der Waals surface area contributed by atoms with E-state index in [1.165, 1.54) is 0 Å². The minimum absolute atomic E-state index is 0.0806. The maximum atomic E-state index is 5.74. The van der Waals surface area contributed by atoms with E-state index < -0.39 is 0 Å². The molecular formula is C13H14N2O. The molecule has 0 fully saturated rings. The molecule has 2 aromatic rings. The Morgan fingerprint density at radius 1 is 1.19 bits per heavy atom. The number of aromatic nitrogens is 1. The molecule has 0 saturated heterocycles. The van der Waals surface area contributed by atoms with E-state index in [1.54, 1.807) is 12.3 Å². The zero-order chi connectivity index (χ0) is 11.4. The Balaban J connectivity index is 2.11. The van der Waals surface area contributed by atoms with E-state index >= 15 is 0 Å². The van der Waals surface area contributed by atoms with Gasteiger partial charge in [0, 0.05) is 18.0 Å². The predicted octanol–water partition coefficient (Wildman–Crippen LogP) is 2.80. The zero-order valence-corrected chi connectivity index (χ0v) is 9.13. The number of nitrogens with zero attached hydrogens (tertiary/aromatic N) is 1. The van der Waals surface area contributed by atoms with Gasteiger partial charge in [0.1, 0.15) is 11.9 Å². The lowest BCUT2D eigenvalue weighted by Gasteiger charge is -2.14. The van der Waals surface area contributed by atoms with Crippen LogP contribution in [0.15, 0.2) is 48.7 Å². The van der Waals surface area contributed by atoms with Gasteiger partial charge in [-0.1, -0.05) is 12.1 Å². The van der Waals surface area contributed by atoms with Gasteiger partial charge in [0.15, 0.2) is 0 Å². The van der Waals surface area contributed by atoms with Crippen LogP contribution in [0.1, 0.15) is 18.7 Å². The third-order valence-electron chi connectivity index (χ3n) is 2.28. The van der Waals surface area contributed by atoms with Crippen molar-refractivity contribution in [2.24, 2.45) is 0 Å². The summed E-state index contributed by atoms with van der Waals surface area (Å²) in [5.41, 5.74) is 7.28. The molecule has 3 nitrogen and oxygen atoms in total. The van der Waals surface area contributed by atoms with Gasteiger partial charge >= 0.3 is 0 Å². The van der Waals surface area contributed by atoms with Crippen LogP contribution in [-0.4, -0.2) is 4.98 Å². The number of nitrogen functional groups attached to an aromatic ring is 1. The molecular weight excluding hydrogens is 200 g/mol. The van der Waals surface area contributed by atoms with Crippen molar-refractivity contribution in [3.05, 3.63) is 54.4 Å². The van der Waals surface area contributed by atoms with Crippen molar-refractivity contribution in [3.8, 4) is 5.75 Å². The van der Waals surface area contributed by atoms with Crippen LogP contribution in [0.25, 0.3) is 0 Å². The first-order valence-electron chi connectivity index (χ1n) is 5.19. The summed E-state index contributed by atoms with van der Waals surface area (Å²) in [6.45, 7) is 1.96. The third-order valence-corrected chi connectivity index (χ3v) is 2.28. The van der Waals surface area contributed by atoms with E-state index in [2.05, 4.69) is 4.98 Å². The molecule has 2 rings (SSSR count). The summed E-state index contributed by atoms with van der Waals surface area (Å²) in [6.07, 6.45) is 1.68. The molecule has 0 aliphatic carbocycles. The molecule has 0 saturated carbocycles. The summed E-state index contributed by atoms with van der Waals surface area (Å²) in [4.78, 5) is 4.24. The zero-order valence-electron chi connectivity index (χ0n) is 9.13. The Kier molecular flexibility index (Phi) is 3.05. The van der Waals surface area contributed by atoms with Gasteiger partial charge in [-0.05, 0) is 31.2 Å². The Hall–Kier alpha value is -2.03. The van der Waals surface area contributed by atoms with Crippen LogP contribution in [0.5, 0.6) is 5.75 Å². The van der Waals surface area contributed by atoms with Crippen LogP contribution in [0.3, 0.4) is 0 Å². The fraction of sp³-hybridized carbons (Fsp3) is 0.154. The van der Waals surface area contributed by atoms with Crippen LogP contribution in [0, 0.1) is 0 Å². The summed E-state index contributed by atoms with van der Waals surface area (Å²) >= 11 is 0. The Bertz CT molecular complexity index is 456. The highest BCUT2D eigenvalue weighted by Gasteiger charge is 2.07. The van der Waals surface area contributed by atoms with Crippen LogP contribution < -0.4 is 10.5 Å². The molecule has 0 spiro atoms. The SMILES string of the molecule is CC(Oc1cccc(N)c1)c1ccccn1. The highest BCUT2D eigenvalue weighted by Crippen LogP contribution is 2.21. The lowest BCUT2D eigenvalue weighted by atomic mass is 10.2. The maximum Gasteiger partial charge on any atom is 0.138 e. The molecule has 16 heavy (non-hydrogen) atoms. The molecule has 1 aromatic heterocycles. The third kappa shape index (κ3) is 2.51. The summed E-state index contributed by atoms with van der Waals surface area (Å²) in [7, 11) is 0. The second-order valence-electron chi connectivity index (χ2n) is 3.59. The molecule has 0 bridgehead atoms. The first-order chi connectivity index (χ1) is 7.75. The number of ether oxygens (including phenoxy) is 1. The molecule has 82 valence electrons. The standard InChI is InChI=1S/C13H14N2O/c1-10(13-7-2-3-8-15-13)16-12-6-4-5-11(14)9-12/h2-10H,14H2,1H3. The predicted molar refractivity (Wildman–Crippen MR) is 64.1 cm³/mol. The number of nitrogens with two attached hydrogens (primary N) is 1. The van der Waals surface area contributed by atoms with Gasteiger partial charge in [0.25, 0.3) is 0 Å². The van der Waals surface area contributed by atoms with Gasteiger partial charge in [-0.3, -0.25) is 4.98 Å². The molecule has 1 heterocycles. The summed E-state index contributed by atoms with van der Waals surface area (Å²) in [5.74, 6) is 0.762. The molecule has 0 aliphatic rings. The van der Waals surface area contributed by atoms with E-state index in [9.17, 15) is 0 Å². The summed E-state index contributed by atoms with van der Waals surface area (Å²) in [6, 6.07) is 13.2. The number of benzene rings is 1. The van der Waals surface area contributed by atoms with Crippen LogP contribution in [0.4, 0.5) is 5.69 Å². The molecule has 2 N–H and O–H groups in total. The number of hydrogen-bond acceptors (Lipinski definition) is 3. The maximum absolute atomic E-state index is 5.74. The van der Waals surface area contributed by atoms with E-state index in [1.807, 2.05) is 43.3 Å². The van der Waals surface area contributed by atoms with Crippen LogP contribution in [-0.2, 0) is 0 Å². The Morgan fingerprint density at radius 3 is 2.75 bits per heavy atom. The van der Waals surface area contributed by atoms with Crippen molar-refractivity contribution in [3.63, 3.8) is 0 Å². The monoisotopic (exact) mass is 214 g/mol. The number of hydrogen-bond donors (Lipinski definition) is 1. The summed E-state index contributed by atoms with van der Waals surface area (Å²) in [5, 5.41) is 0. The number of anilines is 1. The summed E-state index contributed by atoms with van der Waals surface area (Å²) < 4.78 is 5.74. The topological polar surface area (TPSA) is 48.1 Å². The van der Waals surface area contributed by atoms with E-state index in [4.69, 9.17) is 10.5 Å². The second-order valence-corrected chi connectivity index (χ2v) is 3.59. The van der Waals surface area contributed by atoms with Gasteiger partial charge in [-0.2, -0.15) is 0 Å². The van der Waals surface area contributed by atoms with Crippen molar-refractivity contribution in [2.45, 2.75) is 13.0 Å². The van der Waals surface area contributed by atoms with Gasteiger partial charge < -0.3 is 10.5 Å². The van der Waals surface area contributed by atoms with Gasteiger partial charge in [0.2, 0.25) is 0 Å². The number of rotatable bonds is 3. The largest absolute Gasteiger partial charge is 0.484 e. The average molecular weight is 214 g/mol. The first kappa shape index (κ1) is 10.5. The van der Waals surface area contributed by atoms with E-state index in [-0.39, 0.29) is 6.10 Å². The second kappa shape index (κ2) is 4.66. The molecule has 1 aromatic carbocycles. The van der Waals surface area contributed by atoms with Gasteiger partial charge in [-0.15, -0.1) is 0 Å². The van der Waals surface area contributed by atoms with Crippen molar-refractivity contribution in [1.82, 2.24) is 4.98 Å². The fourth-order valence-corrected chi connectivity index (χ4v) is 1.47. The lowest BCUT2D eigenvalue weighted by Crippen LogP contribution is -2.04. The highest BCUT2D eigenvalue weighted by atomic mass is 16.5. The van der Waals surface area contributed by atoms with Crippen LogP contribution in [0.2, 0.25) is 0 Å². The van der Waals surface area contributed by atoms with Crippen molar-refractivity contribution in [2.75, 3.05) is 5.73 Å². The lowest BCUT2D eigenvalue weighted by molar-refractivity contribution is 0.222. The fourth-order valence-electron chi connectivity index (χ4n) is 1.47. The molecule has 3 heteroatoms. The smallest absolute Gasteiger partial charge is 0.138 e. The minimum Gasteiger partial charge on any atom is -0.484 e. The molecule has 0 aliphatic heterocycles.